The van der Waals surface area contributed by atoms with E-state index in [2.05, 4.69) is 15.5 Å². The van der Waals surface area contributed by atoms with Crippen LogP contribution in [-0.2, 0) is 0 Å². The third kappa shape index (κ3) is 2.17. The maximum atomic E-state index is 11.4. The standard InChI is InChI=1S/C12H13N3O/c1-13-6-2-3-9-4-5-11-10(7-9)8-14-15-12(11)16/h2-5,7-8,13H,6H2,1H3,(H,15,16). The van der Waals surface area contributed by atoms with Gasteiger partial charge >= 0.3 is 0 Å². The van der Waals surface area contributed by atoms with Gasteiger partial charge in [-0.3, -0.25) is 4.79 Å². The number of likely N-dealkylation sites (N-methyl/N-ethyl adjacent to an activating group) is 1. The Labute approximate surface area is 93.0 Å². The lowest BCUT2D eigenvalue weighted by Crippen LogP contribution is -2.07. The topological polar surface area (TPSA) is 57.8 Å². The summed E-state index contributed by atoms with van der Waals surface area (Å²) in [7, 11) is 1.90. The van der Waals surface area contributed by atoms with Gasteiger partial charge in [0, 0.05) is 11.9 Å². The number of nitrogens with one attached hydrogen (secondary N) is 2. The molecule has 0 saturated heterocycles. The molecule has 1 heterocycles. The van der Waals surface area contributed by atoms with E-state index in [1.54, 1.807) is 6.20 Å². The molecule has 0 amide bonds. The van der Waals surface area contributed by atoms with Crippen molar-refractivity contribution in [2.45, 2.75) is 0 Å². The molecule has 0 aliphatic heterocycles. The summed E-state index contributed by atoms with van der Waals surface area (Å²) in [5, 5.41) is 10.7. The summed E-state index contributed by atoms with van der Waals surface area (Å²) in [5.41, 5.74) is 0.915. The second-order valence-electron chi connectivity index (χ2n) is 3.51. The van der Waals surface area contributed by atoms with E-state index in [1.807, 2.05) is 37.4 Å². The van der Waals surface area contributed by atoms with E-state index in [-0.39, 0.29) is 5.56 Å². The molecule has 16 heavy (non-hydrogen) atoms. The van der Waals surface area contributed by atoms with E-state index in [0.717, 1.165) is 17.5 Å². The molecule has 1 aromatic carbocycles. The molecule has 1 aromatic heterocycles. The quantitative estimate of drug-likeness (QED) is 0.807. The Kier molecular flexibility index (Phi) is 3.12. The van der Waals surface area contributed by atoms with Gasteiger partial charge in [-0.05, 0) is 24.7 Å². The third-order valence-electron chi connectivity index (χ3n) is 2.32. The number of benzene rings is 1. The smallest absolute Gasteiger partial charge is 0.272 e. The van der Waals surface area contributed by atoms with Gasteiger partial charge in [0.15, 0.2) is 0 Å². The van der Waals surface area contributed by atoms with Gasteiger partial charge in [0.05, 0.1) is 11.6 Å². The second-order valence-corrected chi connectivity index (χ2v) is 3.51. The Morgan fingerprint density at radius 2 is 2.38 bits per heavy atom. The lowest BCUT2D eigenvalue weighted by atomic mass is 10.1. The first kappa shape index (κ1) is 10.6. The van der Waals surface area contributed by atoms with Crippen LogP contribution in [0.5, 0.6) is 0 Å². The first-order valence-corrected chi connectivity index (χ1v) is 5.10. The van der Waals surface area contributed by atoms with Gasteiger partial charge < -0.3 is 5.32 Å². The number of H-pyrrole nitrogens is 1. The Bertz CT molecular complexity index is 572. The SMILES string of the molecule is CNCC=Cc1ccc2c(=O)[nH]ncc2c1. The van der Waals surface area contributed by atoms with Crippen molar-refractivity contribution in [1.82, 2.24) is 15.5 Å². The molecule has 0 aliphatic rings. The number of fused-ring (bicyclic) bond motifs is 1. The largest absolute Gasteiger partial charge is 0.316 e. The second kappa shape index (κ2) is 4.72. The van der Waals surface area contributed by atoms with Crippen LogP contribution >= 0.6 is 0 Å². The van der Waals surface area contributed by atoms with Crippen molar-refractivity contribution in [3.8, 4) is 0 Å². The molecule has 0 unspecified atom stereocenters. The van der Waals surface area contributed by atoms with Gasteiger partial charge in [0.2, 0.25) is 0 Å². The molecule has 0 atom stereocenters. The highest BCUT2D eigenvalue weighted by Crippen LogP contribution is 2.11. The summed E-state index contributed by atoms with van der Waals surface area (Å²) in [5.74, 6) is 0. The fraction of sp³-hybridized carbons (Fsp3) is 0.167. The van der Waals surface area contributed by atoms with Crippen molar-refractivity contribution in [3.05, 3.63) is 46.4 Å². The number of rotatable bonds is 3. The van der Waals surface area contributed by atoms with Gasteiger partial charge in [-0.1, -0.05) is 18.2 Å². The van der Waals surface area contributed by atoms with Gasteiger partial charge in [-0.15, -0.1) is 0 Å². The van der Waals surface area contributed by atoms with Crippen molar-refractivity contribution >= 4 is 16.8 Å². The Morgan fingerprint density at radius 3 is 3.19 bits per heavy atom. The summed E-state index contributed by atoms with van der Waals surface area (Å²) in [6.45, 7) is 0.825. The predicted octanol–water partition coefficient (Wildman–Crippen LogP) is 1.16. The van der Waals surface area contributed by atoms with Crippen molar-refractivity contribution in [2.24, 2.45) is 0 Å². The number of aromatic amines is 1. The molecule has 0 radical (unpaired) electrons. The average molecular weight is 215 g/mol. The number of nitrogens with zero attached hydrogens (tertiary/aromatic N) is 1. The molecule has 0 aliphatic carbocycles. The zero-order chi connectivity index (χ0) is 11.4. The van der Waals surface area contributed by atoms with Crippen LogP contribution in [0.4, 0.5) is 0 Å². The highest BCUT2D eigenvalue weighted by molar-refractivity contribution is 5.82. The van der Waals surface area contributed by atoms with E-state index in [0.29, 0.717) is 5.39 Å². The maximum absolute atomic E-state index is 11.4. The molecule has 2 rings (SSSR count). The summed E-state index contributed by atoms with van der Waals surface area (Å²) >= 11 is 0. The summed E-state index contributed by atoms with van der Waals surface area (Å²) < 4.78 is 0. The molecule has 0 bridgehead atoms. The van der Waals surface area contributed by atoms with Crippen molar-refractivity contribution < 1.29 is 0 Å². The van der Waals surface area contributed by atoms with E-state index in [9.17, 15) is 4.79 Å². The Morgan fingerprint density at radius 1 is 1.50 bits per heavy atom. The van der Waals surface area contributed by atoms with Crippen LogP contribution in [0, 0.1) is 0 Å². The molecule has 2 N–H and O–H groups in total. The van der Waals surface area contributed by atoms with Crippen molar-refractivity contribution in [1.29, 1.82) is 0 Å². The molecule has 0 saturated carbocycles. The number of aromatic nitrogens is 2. The lowest BCUT2D eigenvalue weighted by Gasteiger charge is -1.97. The fourth-order valence-corrected chi connectivity index (χ4v) is 1.53. The third-order valence-corrected chi connectivity index (χ3v) is 2.32. The number of hydrogen-bond donors (Lipinski definition) is 2. The average Bonchev–Trinajstić information content (AvgIpc) is 2.30. The van der Waals surface area contributed by atoms with E-state index in [4.69, 9.17) is 0 Å². The minimum absolute atomic E-state index is 0.150. The van der Waals surface area contributed by atoms with Crippen molar-refractivity contribution in [3.63, 3.8) is 0 Å². The first-order valence-electron chi connectivity index (χ1n) is 5.10. The van der Waals surface area contributed by atoms with Crippen LogP contribution in [0.1, 0.15) is 5.56 Å². The fourth-order valence-electron chi connectivity index (χ4n) is 1.53. The predicted molar refractivity (Wildman–Crippen MR) is 65.3 cm³/mol. The van der Waals surface area contributed by atoms with E-state index < -0.39 is 0 Å². The molecular weight excluding hydrogens is 202 g/mol. The van der Waals surface area contributed by atoms with E-state index >= 15 is 0 Å². The van der Waals surface area contributed by atoms with Crippen LogP contribution in [0.25, 0.3) is 16.8 Å². The molecule has 4 heteroatoms. The van der Waals surface area contributed by atoms with E-state index in [1.165, 1.54) is 0 Å². The van der Waals surface area contributed by atoms with Gasteiger partial charge in [-0.25, -0.2) is 5.10 Å². The molecule has 0 fully saturated rings. The maximum Gasteiger partial charge on any atom is 0.272 e. The molecule has 4 nitrogen and oxygen atoms in total. The molecule has 0 spiro atoms. The summed E-state index contributed by atoms with van der Waals surface area (Å²) in [6.07, 6.45) is 5.70. The normalized spacial score (nSPS) is 11.3. The summed E-state index contributed by atoms with van der Waals surface area (Å²) in [4.78, 5) is 11.4. The van der Waals surface area contributed by atoms with Crippen molar-refractivity contribution in [2.75, 3.05) is 13.6 Å². The molecule has 2 aromatic rings. The Balaban J connectivity index is 2.41. The highest BCUT2D eigenvalue weighted by atomic mass is 16.1. The van der Waals surface area contributed by atoms with Crippen LogP contribution in [0.2, 0.25) is 0 Å². The minimum Gasteiger partial charge on any atom is -0.316 e. The first-order chi connectivity index (χ1) is 7.81. The van der Waals surface area contributed by atoms with Gasteiger partial charge in [-0.2, -0.15) is 5.10 Å². The van der Waals surface area contributed by atoms with Crippen LogP contribution < -0.4 is 10.9 Å². The summed E-state index contributed by atoms with van der Waals surface area (Å²) in [6, 6.07) is 5.68. The zero-order valence-electron chi connectivity index (χ0n) is 9.03. The lowest BCUT2D eigenvalue weighted by molar-refractivity contribution is 0.922. The van der Waals surface area contributed by atoms with Crippen LogP contribution in [0.15, 0.2) is 35.3 Å². The van der Waals surface area contributed by atoms with Crippen LogP contribution in [-0.4, -0.2) is 23.8 Å². The van der Waals surface area contributed by atoms with Gasteiger partial charge in [0.1, 0.15) is 0 Å². The minimum atomic E-state index is -0.150. The zero-order valence-corrected chi connectivity index (χ0v) is 9.03. The monoisotopic (exact) mass is 215 g/mol. The number of hydrogen-bond acceptors (Lipinski definition) is 3. The highest BCUT2D eigenvalue weighted by Gasteiger charge is 1.97. The van der Waals surface area contributed by atoms with Gasteiger partial charge in [0.25, 0.3) is 5.56 Å². The Hall–Kier alpha value is -1.94. The molecular formula is C12H13N3O. The van der Waals surface area contributed by atoms with Crippen LogP contribution in [0.3, 0.4) is 0 Å². The molecule has 82 valence electrons.